The average Bonchev–Trinajstić information content (AvgIpc) is 2.25. The van der Waals surface area contributed by atoms with Gasteiger partial charge in [0.2, 0.25) is 0 Å². The highest BCUT2D eigenvalue weighted by Crippen LogP contribution is 2.27. The lowest BCUT2D eigenvalue weighted by molar-refractivity contribution is 0.0886. The molecule has 0 spiro atoms. The average molecular weight is 254 g/mol. The fourth-order valence-electron chi connectivity index (χ4n) is 2.04. The van der Waals surface area contributed by atoms with Crippen LogP contribution in [0, 0.1) is 5.82 Å². The van der Waals surface area contributed by atoms with E-state index in [1.54, 1.807) is 19.9 Å². The van der Waals surface area contributed by atoms with Gasteiger partial charge in [0.1, 0.15) is 5.82 Å². The summed E-state index contributed by atoms with van der Waals surface area (Å²) < 4.78 is 13.3. The molecule has 0 fully saturated rings. The summed E-state index contributed by atoms with van der Waals surface area (Å²) >= 11 is 0. The molecule has 1 unspecified atom stereocenters. The second-order valence-corrected chi connectivity index (χ2v) is 5.38. The largest absolute Gasteiger partial charge is 0.389 e. The van der Waals surface area contributed by atoms with Crippen LogP contribution in [0.2, 0.25) is 0 Å². The third-order valence-corrected chi connectivity index (χ3v) is 2.92. The maximum atomic E-state index is 13.3. The number of nitrogens with one attached hydrogen (secondary N) is 1. The normalized spacial score (nSPS) is 13.5. The van der Waals surface area contributed by atoms with Gasteiger partial charge >= 0.3 is 0 Å². The number of aliphatic hydroxyl groups is 1. The molecule has 3 nitrogen and oxygen atoms in total. The standard InChI is InChI=1S/C14H23FN2O/c1-10(16-4)12-8-11(15)6-7-13(12)17(5)9-14(2,3)18/h6-8,10,16,18H,9H2,1-5H3. The third-order valence-electron chi connectivity index (χ3n) is 2.92. The first kappa shape index (κ1) is 14.9. The Morgan fingerprint density at radius 2 is 2.06 bits per heavy atom. The number of hydrogen-bond donors (Lipinski definition) is 2. The van der Waals surface area contributed by atoms with Gasteiger partial charge in [-0.2, -0.15) is 0 Å². The summed E-state index contributed by atoms with van der Waals surface area (Å²) in [4.78, 5) is 1.95. The number of rotatable bonds is 5. The molecule has 0 radical (unpaired) electrons. The number of benzene rings is 1. The van der Waals surface area contributed by atoms with Crippen LogP contribution in [0.5, 0.6) is 0 Å². The van der Waals surface area contributed by atoms with Gasteiger partial charge in [-0.3, -0.25) is 0 Å². The fourth-order valence-corrected chi connectivity index (χ4v) is 2.04. The molecule has 0 aliphatic rings. The maximum absolute atomic E-state index is 13.3. The lowest BCUT2D eigenvalue weighted by atomic mass is 10.0. The van der Waals surface area contributed by atoms with Gasteiger partial charge in [-0.1, -0.05) is 0 Å². The van der Waals surface area contributed by atoms with Crippen molar-refractivity contribution in [3.63, 3.8) is 0 Å². The van der Waals surface area contributed by atoms with Crippen molar-refractivity contribution < 1.29 is 9.50 Å². The molecule has 1 aromatic carbocycles. The van der Waals surface area contributed by atoms with Crippen LogP contribution in [-0.4, -0.2) is 31.3 Å². The second kappa shape index (κ2) is 5.67. The van der Waals surface area contributed by atoms with Gasteiger partial charge in [0.15, 0.2) is 0 Å². The zero-order valence-electron chi connectivity index (χ0n) is 11.8. The number of hydrogen-bond acceptors (Lipinski definition) is 3. The van der Waals surface area contributed by atoms with Gasteiger partial charge in [0.05, 0.1) is 5.60 Å². The van der Waals surface area contributed by atoms with Gasteiger partial charge < -0.3 is 15.3 Å². The first-order valence-corrected chi connectivity index (χ1v) is 6.15. The van der Waals surface area contributed by atoms with E-state index in [1.165, 1.54) is 12.1 Å². The summed E-state index contributed by atoms with van der Waals surface area (Å²) in [6.45, 7) is 5.99. The summed E-state index contributed by atoms with van der Waals surface area (Å²) in [7, 11) is 3.74. The number of nitrogens with zero attached hydrogens (tertiary/aromatic N) is 1. The Balaban J connectivity index is 3.07. The molecule has 1 atom stereocenters. The molecule has 0 bridgehead atoms. The van der Waals surface area contributed by atoms with Crippen molar-refractivity contribution in [1.29, 1.82) is 0 Å². The summed E-state index contributed by atoms with van der Waals surface area (Å²) in [5, 5.41) is 13.0. The molecule has 0 amide bonds. The quantitative estimate of drug-likeness (QED) is 0.846. The van der Waals surface area contributed by atoms with Crippen LogP contribution < -0.4 is 10.2 Å². The lowest BCUT2D eigenvalue weighted by Gasteiger charge is -2.30. The summed E-state index contributed by atoms with van der Waals surface area (Å²) in [6.07, 6.45) is 0. The van der Waals surface area contributed by atoms with Crippen LogP contribution in [0.3, 0.4) is 0 Å². The molecular weight excluding hydrogens is 231 g/mol. The molecule has 0 aliphatic carbocycles. The van der Waals surface area contributed by atoms with Crippen LogP contribution in [0.15, 0.2) is 18.2 Å². The molecule has 0 aromatic heterocycles. The molecule has 1 rings (SSSR count). The SMILES string of the molecule is CNC(C)c1cc(F)ccc1N(C)CC(C)(C)O. The Kier molecular flexibility index (Phi) is 4.71. The van der Waals surface area contributed by atoms with Crippen molar-refractivity contribution in [2.75, 3.05) is 25.5 Å². The molecule has 18 heavy (non-hydrogen) atoms. The van der Waals surface area contributed by atoms with E-state index in [1.807, 2.05) is 25.9 Å². The van der Waals surface area contributed by atoms with Gasteiger partial charge in [0.25, 0.3) is 0 Å². The van der Waals surface area contributed by atoms with Crippen LogP contribution in [0.1, 0.15) is 32.4 Å². The minimum absolute atomic E-state index is 0.0555. The molecule has 102 valence electrons. The highest BCUT2D eigenvalue weighted by Gasteiger charge is 2.19. The van der Waals surface area contributed by atoms with Gasteiger partial charge in [-0.05, 0) is 51.6 Å². The smallest absolute Gasteiger partial charge is 0.123 e. The Morgan fingerprint density at radius 3 is 2.56 bits per heavy atom. The third kappa shape index (κ3) is 3.96. The van der Waals surface area contributed by atoms with Crippen molar-refractivity contribution in [3.05, 3.63) is 29.6 Å². The predicted octanol–water partition coefficient (Wildman–Crippen LogP) is 2.31. The van der Waals surface area contributed by atoms with Crippen LogP contribution in [-0.2, 0) is 0 Å². The number of likely N-dealkylation sites (N-methyl/N-ethyl adjacent to an activating group) is 1. The van der Waals surface area contributed by atoms with Crippen LogP contribution >= 0.6 is 0 Å². The summed E-state index contributed by atoms with van der Waals surface area (Å²) in [5.74, 6) is -0.243. The molecule has 0 heterocycles. The molecule has 2 N–H and O–H groups in total. The summed E-state index contributed by atoms with van der Waals surface area (Å²) in [5.41, 5.74) is 1.04. The van der Waals surface area contributed by atoms with Crippen LogP contribution in [0.4, 0.5) is 10.1 Å². The van der Waals surface area contributed by atoms with Crippen molar-refractivity contribution in [1.82, 2.24) is 5.32 Å². The van der Waals surface area contributed by atoms with E-state index in [-0.39, 0.29) is 11.9 Å². The number of halogens is 1. The first-order valence-electron chi connectivity index (χ1n) is 6.15. The molecule has 4 heteroatoms. The zero-order chi connectivity index (χ0) is 13.9. The molecule has 0 saturated carbocycles. The maximum Gasteiger partial charge on any atom is 0.123 e. The molecular formula is C14H23FN2O. The fraction of sp³-hybridized carbons (Fsp3) is 0.571. The minimum Gasteiger partial charge on any atom is -0.389 e. The summed E-state index contributed by atoms with van der Waals surface area (Å²) in [6, 6.07) is 4.80. The Bertz CT molecular complexity index is 401. The Morgan fingerprint density at radius 1 is 1.44 bits per heavy atom. The first-order chi connectivity index (χ1) is 8.24. The monoisotopic (exact) mass is 254 g/mol. The second-order valence-electron chi connectivity index (χ2n) is 5.38. The van der Waals surface area contributed by atoms with Gasteiger partial charge in [-0.15, -0.1) is 0 Å². The van der Waals surface area contributed by atoms with Crippen LogP contribution in [0.25, 0.3) is 0 Å². The van der Waals surface area contributed by atoms with E-state index < -0.39 is 5.60 Å². The van der Waals surface area contributed by atoms with Crippen molar-refractivity contribution in [2.24, 2.45) is 0 Å². The van der Waals surface area contributed by atoms with E-state index in [0.29, 0.717) is 6.54 Å². The predicted molar refractivity (Wildman–Crippen MR) is 73.4 cm³/mol. The Hall–Kier alpha value is -1.13. The zero-order valence-corrected chi connectivity index (χ0v) is 11.8. The Labute approximate surface area is 109 Å². The topological polar surface area (TPSA) is 35.5 Å². The molecule has 0 saturated heterocycles. The lowest BCUT2D eigenvalue weighted by Crippen LogP contribution is -2.37. The van der Waals surface area contributed by atoms with E-state index in [9.17, 15) is 9.50 Å². The van der Waals surface area contributed by atoms with E-state index in [0.717, 1.165) is 11.3 Å². The highest BCUT2D eigenvalue weighted by molar-refractivity contribution is 5.54. The van der Waals surface area contributed by atoms with Gasteiger partial charge in [0, 0.05) is 25.3 Å². The van der Waals surface area contributed by atoms with Crippen molar-refractivity contribution in [3.8, 4) is 0 Å². The number of anilines is 1. The highest BCUT2D eigenvalue weighted by atomic mass is 19.1. The van der Waals surface area contributed by atoms with Gasteiger partial charge in [-0.25, -0.2) is 4.39 Å². The van der Waals surface area contributed by atoms with E-state index in [2.05, 4.69) is 5.32 Å². The van der Waals surface area contributed by atoms with E-state index >= 15 is 0 Å². The molecule has 0 aliphatic heterocycles. The minimum atomic E-state index is -0.788. The molecule has 1 aromatic rings. The van der Waals surface area contributed by atoms with E-state index in [4.69, 9.17) is 0 Å². The van der Waals surface area contributed by atoms with Crippen molar-refractivity contribution >= 4 is 5.69 Å². The van der Waals surface area contributed by atoms with Crippen molar-refractivity contribution in [2.45, 2.75) is 32.4 Å².